The molecule has 2 nitrogen and oxygen atoms in total. The average molecular weight is 186 g/mol. The van der Waals surface area contributed by atoms with E-state index in [1.165, 1.54) is 5.57 Å². The Morgan fingerprint density at radius 1 is 1.57 bits per heavy atom. The second-order valence-corrected chi connectivity index (χ2v) is 3.94. The SMILES string of the molecule is CC1=CC=CCC1(C)C(C#N)CC#N. The van der Waals surface area contributed by atoms with Crippen molar-refractivity contribution in [2.24, 2.45) is 11.3 Å². The Labute approximate surface area is 85.2 Å². The van der Waals surface area contributed by atoms with Gasteiger partial charge in [0.05, 0.1) is 24.5 Å². The van der Waals surface area contributed by atoms with E-state index in [9.17, 15) is 0 Å². The highest BCUT2D eigenvalue weighted by Crippen LogP contribution is 2.42. The molecule has 0 aliphatic heterocycles. The summed E-state index contributed by atoms with van der Waals surface area (Å²) in [5, 5.41) is 17.7. The summed E-state index contributed by atoms with van der Waals surface area (Å²) < 4.78 is 0. The first kappa shape index (κ1) is 10.5. The Hall–Kier alpha value is -1.54. The van der Waals surface area contributed by atoms with Gasteiger partial charge >= 0.3 is 0 Å². The minimum Gasteiger partial charge on any atom is -0.198 e. The first-order valence-corrected chi connectivity index (χ1v) is 4.75. The topological polar surface area (TPSA) is 47.6 Å². The molecule has 2 heteroatoms. The molecule has 1 aliphatic rings. The van der Waals surface area contributed by atoms with Crippen LogP contribution < -0.4 is 0 Å². The molecular formula is C12H14N2. The van der Waals surface area contributed by atoms with Crippen molar-refractivity contribution in [1.29, 1.82) is 10.5 Å². The second-order valence-electron chi connectivity index (χ2n) is 3.94. The third kappa shape index (κ3) is 1.70. The summed E-state index contributed by atoms with van der Waals surface area (Å²) in [6, 6.07) is 4.33. The lowest BCUT2D eigenvalue weighted by molar-refractivity contribution is 0.297. The van der Waals surface area contributed by atoms with Crippen LogP contribution in [-0.4, -0.2) is 0 Å². The fourth-order valence-corrected chi connectivity index (χ4v) is 1.80. The molecule has 0 aromatic carbocycles. The number of hydrogen-bond acceptors (Lipinski definition) is 2. The molecule has 2 atom stereocenters. The maximum atomic E-state index is 9.04. The van der Waals surface area contributed by atoms with Gasteiger partial charge in [0, 0.05) is 5.41 Å². The van der Waals surface area contributed by atoms with E-state index in [0.29, 0.717) is 6.42 Å². The number of rotatable bonds is 2. The van der Waals surface area contributed by atoms with Gasteiger partial charge in [-0.3, -0.25) is 0 Å². The Kier molecular flexibility index (Phi) is 3.10. The zero-order chi connectivity index (χ0) is 10.6. The van der Waals surface area contributed by atoms with E-state index in [4.69, 9.17) is 10.5 Å². The fraction of sp³-hybridized carbons (Fsp3) is 0.500. The van der Waals surface area contributed by atoms with E-state index in [1.807, 2.05) is 19.1 Å². The van der Waals surface area contributed by atoms with Crippen LogP contribution in [0.1, 0.15) is 26.7 Å². The Morgan fingerprint density at radius 2 is 2.29 bits per heavy atom. The van der Waals surface area contributed by atoms with E-state index in [1.54, 1.807) is 0 Å². The quantitative estimate of drug-likeness (QED) is 0.665. The molecule has 0 amide bonds. The lowest BCUT2D eigenvalue weighted by Gasteiger charge is -2.34. The van der Waals surface area contributed by atoms with Gasteiger partial charge in [-0.1, -0.05) is 30.7 Å². The molecule has 2 unspecified atom stereocenters. The first-order valence-electron chi connectivity index (χ1n) is 4.75. The summed E-state index contributed by atoms with van der Waals surface area (Å²) in [5.74, 6) is -0.200. The van der Waals surface area contributed by atoms with Crippen molar-refractivity contribution in [2.45, 2.75) is 26.7 Å². The monoisotopic (exact) mass is 186 g/mol. The molecule has 0 bridgehead atoms. The molecule has 0 aromatic heterocycles. The standard InChI is InChI=1S/C12H14N2/c1-10-5-3-4-7-12(10,2)11(9-14)6-8-13/h3-5,11H,6-7H2,1-2H3. The maximum Gasteiger partial charge on any atom is 0.0686 e. The first-order chi connectivity index (χ1) is 6.65. The Balaban J connectivity index is 2.95. The Morgan fingerprint density at radius 3 is 2.79 bits per heavy atom. The van der Waals surface area contributed by atoms with E-state index >= 15 is 0 Å². The van der Waals surface area contributed by atoms with Crippen molar-refractivity contribution in [2.75, 3.05) is 0 Å². The fourth-order valence-electron chi connectivity index (χ4n) is 1.80. The third-order valence-corrected chi connectivity index (χ3v) is 3.15. The molecule has 1 rings (SSSR count). The summed E-state index contributed by atoms with van der Waals surface area (Å²) in [7, 11) is 0. The van der Waals surface area contributed by atoms with Crippen LogP contribution in [0, 0.1) is 34.0 Å². The van der Waals surface area contributed by atoms with Crippen molar-refractivity contribution in [3.63, 3.8) is 0 Å². The number of hydrogen-bond donors (Lipinski definition) is 0. The summed E-state index contributed by atoms with van der Waals surface area (Å²) in [6.07, 6.45) is 7.28. The van der Waals surface area contributed by atoms with Gasteiger partial charge in [-0.2, -0.15) is 10.5 Å². The van der Waals surface area contributed by atoms with Crippen LogP contribution in [0.3, 0.4) is 0 Å². The minimum absolute atomic E-state index is 0.154. The molecule has 0 saturated carbocycles. The largest absolute Gasteiger partial charge is 0.198 e. The molecule has 0 aromatic rings. The van der Waals surface area contributed by atoms with Crippen molar-refractivity contribution in [3.05, 3.63) is 23.8 Å². The van der Waals surface area contributed by atoms with Crippen molar-refractivity contribution >= 4 is 0 Å². The summed E-state index contributed by atoms with van der Waals surface area (Å²) in [4.78, 5) is 0. The van der Waals surface area contributed by atoms with Gasteiger partial charge in [-0.15, -0.1) is 0 Å². The predicted molar refractivity (Wildman–Crippen MR) is 55.0 cm³/mol. The molecule has 0 saturated heterocycles. The number of allylic oxidation sites excluding steroid dienone is 4. The van der Waals surface area contributed by atoms with Gasteiger partial charge < -0.3 is 0 Å². The van der Waals surface area contributed by atoms with Gasteiger partial charge in [0.15, 0.2) is 0 Å². The third-order valence-electron chi connectivity index (χ3n) is 3.15. The number of nitriles is 2. The highest BCUT2D eigenvalue weighted by Gasteiger charge is 2.35. The molecule has 1 aliphatic carbocycles. The van der Waals surface area contributed by atoms with Gasteiger partial charge in [0.1, 0.15) is 0 Å². The molecular weight excluding hydrogens is 172 g/mol. The molecule has 0 spiro atoms. The molecule has 0 heterocycles. The van der Waals surface area contributed by atoms with E-state index < -0.39 is 0 Å². The predicted octanol–water partition coefficient (Wildman–Crippen LogP) is 2.95. The molecule has 0 fully saturated rings. The van der Waals surface area contributed by atoms with Gasteiger partial charge in [-0.05, 0) is 13.3 Å². The van der Waals surface area contributed by atoms with Crippen LogP contribution >= 0.6 is 0 Å². The van der Waals surface area contributed by atoms with Crippen molar-refractivity contribution in [1.82, 2.24) is 0 Å². The lowest BCUT2D eigenvalue weighted by atomic mass is 9.67. The van der Waals surface area contributed by atoms with E-state index in [2.05, 4.69) is 25.1 Å². The zero-order valence-corrected chi connectivity index (χ0v) is 8.62. The van der Waals surface area contributed by atoms with Gasteiger partial charge in [0.2, 0.25) is 0 Å². The normalized spacial score (nSPS) is 27.3. The summed E-state index contributed by atoms with van der Waals surface area (Å²) in [6.45, 7) is 4.10. The number of nitrogens with zero attached hydrogens (tertiary/aromatic N) is 2. The summed E-state index contributed by atoms with van der Waals surface area (Å²) >= 11 is 0. The second kappa shape index (κ2) is 4.11. The van der Waals surface area contributed by atoms with Crippen LogP contribution in [0.5, 0.6) is 0 Å². The molecule has 0 N–H and O–H groups in total. The lowest BCUT2D eigenvalue weighted by Crippen LogP contribution is -2.28. The van der Waals surface area contributed by atoms with Gasteiger partial charge in [0.25, 0.3) is 0 Å². The molecule has 14 heavy (non-hydrogen) atoms. The van der Waals surface area contributed by atoms with Crippen LogP contribution in [0.4, 0.5) is 0 Å². The highest BCUT2D eigenvalue weighted by molar-refractivity contribution is 5.27. The van der Waals surface area contributed by atoms with Crippen LogP contribution in [0.15, 0.2) is 23.8 Å². The van der Waals surface area contributed by atoms with Gasteiger partial charge in [-0.25, -0.2) is 0 Å². The molecule has 72 valence electrons. The van der Waals surface area contributed by atoms with Crippen molar-refractivity contribution < 1.29 is 0 Å². The minimum atomic E-state index is -0.200. The van der Waals surface area contributed by atoms with E-state index in [0.717, 1.165) is 6.42 Å². The highest BCUT2D eigenvalue weighted by atomic mass is 14.4. The smallest absolute Gasteiger partial charge is 0.0686 e. The van der Waals surface area contributed by atoms with Crippen molar-refractivity contribution in [3.8, 4) is 12.1 Å². The van der Waals surface area contributed by atoms with E-state index in [-0.39, 0.29) is 11.3 Å². The van der Waals surface area contributed by atoms with Crippen LogP contribution in [0.2, 0.25) is 0 Å². The zero-order valence-electron chi connectivity index (χ0n) is 8.62. The Bertz CT molecular complexity index is 351. The average Bonchev–Trinajstić information content (AvgIpc) is 2.19. The summed E-state index contributed by atoms with van der Waals surface area (Å²) in [5.41, 5.74) is 1.04. The van der Waals surface area contributed by atoms with Crippen LogP contribution in [-0.2, 0) is 0 Å². The molecule has 0 radical (unpaired) electrons. The maximum absolute atomic E-state index is 9.04. The van der Waals surface area contributed by atoms with Crippen LogP contribution in [0.25, 0.3) is 0 Å².